The minimum atomic E-state index is -3.33. The quantitative estimate of drug-likeness (QED) is 0.167. The summed E-state index contributed by atoms with van der Waals surface area (Å²) >= 11 is 0. The SMILES string of the molecule is CC[C@H](C)C[C@H](C)CCC(=O)O[C@@H]1[C@@H](OC(C)=O)[C@@]2(CCC(C)C[C@H](C)Cc3ccccc3)O[C@H](C(=O)OC)[C@@](O)(C(=O)OC)[C@]1(C(=O)OC)O2. The molecule has 2 bridgehead atoms. The van der Waals surface area contributed by atoms with Gasteiger partial charge in [-0.3, -0.25) is 9.59 Å². The van der Waals surface area contributed by atoms with Crippen molar-refractivity contribution in [1.29, 1.82) is 0 Å². The van der Waals surface area contributed by atoms with E-state index in [9.17, 15) is 29.1 Å². The number of hydrogen-bond donors (Lipinski definition) is 1. The summed E-state index contributed by atoms with van der Waals surface area (Å²) < 4.78 is 39.1. The van der Waals surface area contributed by atoms with Crippen molar-refractivity contribution in [2.75, 3.05) is 21.3 Å². The van der Waals surface area contributed by atoms with Crippen LogP contribution in [0.3, 0.4) is 0 Å². The van der Waals surface area contributed by atoms with Gasteiger partial charge >= 0.3 is 29.8 Å². The van der Waals surface area contributed by atoms with E-state index in [0.717, 1.165) is 53.9 Å². The first kappa shape index (κ1) is 41.9. The van der Waals surface area contributed by atoms with Crippen LogP contribution in [0.4, 0.5) is 0 Å². The second kappa shape index (κ2) is 17.8. The van der Waals surface area contributed by atoms with E-state index in [1.54, 1.807) is 0 Å². The highest BCUT2D eigenvalue weighted by atomic mass is 16.8. The molecule has 13 heteroatoms. The van der Waals surface area contributed by atoms with E-state index in [1.807, 2.05) is 32.0 Å². The standard InChI is InChI=1S/C38H56O13/c1-10-23(2)20-24(3)16-17-29(40)49-31-30(48-27(6)39)36(19-18-25(4)21-26(5)22-28-14-12-11-13-15-28)50-32(33(41)45-7)37(44,34(42)46-8)38(31,51-36)35(43)47-9/h11-15,23-26,30-32,44H,10,16-22H2,1-9H3/t23-,24+,25?,26-,30+,31+,32+,36-,37+,38-/m0/s1. The zero-order valence-corrected chi connectivity index (χ0v) is 31.4. The third-order valence-corrected chi connectivity index (χ3v) is 10.2. The smallest absolute Gasteiger partial charge is 0.346 e. The molecule has 0 saturated carbocycles. The van der Waals surface area contributed by atoms with Crippen LogP contribution in [0.2, 0.25) is 0 Å². The van der Waals surface area contributed by atoms with Gasteiger partial charge in [0.05, 0.1) is 21.3 Å². The largest absolute Gasteiger partial charge is 0.467 e. The van der Waals surface area contributed by atoms with Crippen molar-refractivity contribution in [3.05, 3.63) is 35.9 Å². The third-order valence-electron chi connectivity index (χ3n) is 10.2. The van der Waals surface area contributed by atoms with Crippen LogP contribution in [0.25, 0.3) is 0 Å². The van der Waals surface area contributed by atoms with Crippen molar-refractivity contribution >= 4 is 29.8 Å². The predicted octanol–water partition coefficient (Wildman–Crippen LogP) is 4.48. The van der Waals surface area contributed by atoms with Gasteiger partial charge in [-0.2, -0.15) is 0 Å². The highest BCUT2D eigenvalue weighted by Crippen LogP contribution is 2.57. The molecule has 10 atom stereocenters. The molecule has 2 aliphatic heterocycles. The van der Waals surface area contributed by atoms with Crippen LogP contribution in [0, 0.1) is 23.7 Å². The van der Waals surface area contributed by atoms with Gasteiger partial charge in [-0.05, 0) is 61.3 Å². The van der Waals surface area contributed by atoms with Crippen molar-refractivity contribution in [2.24, 2.45) is 23.7 Å². The van der Waals surface area contributed by atoms with E-state index in [2.05, 4.69) is 32.9 Å². The summed E-state index contributed by atoms with van der Waals surface area (Å²) in [4.78, 5) is 67.3. The van der Waals surface area contributed by atoms with Crippen LogP contribution >= 0.6 is 0 Å². The van der Waals surface area contributed by atoms with Crippen molar-refractivity contribution in [2.45, 2.75) is 128 Å². The van der Waals surface area contributed by atoms with Gasteiger partial charge in [0.25, 0.3) is 5.60 Å². The van der Waals surface area contributed by atoms with Gasteiger partial charge in [-0.15, -0.1) is 0 Å². The Morgan fingerprint density at radius 1 is 0.804 bits per heavy atom. The topological polar surface area (TPSA) is 170 Å². The number of esters is 5. The average Bonchev–Trinajstić information content (AvgIpc) is 3.33. The molecule has 1 aromatic carbocycles. The molecule has 0 aromatic heterocycles. The summed E-state index contributed by atoms with van der Waals surface area (Å²) in [7, 11) is 2.88. The number of ether oxygens (including phenoxy) is 7. The average molecular weight is 721 g/mol. The number of hydrogen-bond acceptors (Lipinski definition) is 13. The molecule has 0 spiro atoms. The summed E-state index contributed by atoms with van der Waals surface area (Å²) in [6, 6.07) is 10.0. The van der Waals surface area contributed by atoms with Crippen LogP contribution in [-0.2, 0) is 63.6 Å². The highest BCUT2D eigenvalue weighted by molar-refractivity contribution is 5.99. The number of benzene rings is 1. The molecule has 51 heavy (non-hydrogen) atoms. The second-order valence-corrected chi connectivity index (χ2v) is 14.4. The Morgan fingerprint density at radius 2 is 1.41 bits per heavy atom. The summed E-state index contributed by atoms with van der Waals surface area (Å²) in [6.07, 6.45) is -2.06. The van der Waals surface area contributed by atoms with Crippen molar-refractivity contribution < 1.29 is 62.2 Å². The van der Waals surface area contributed by atoms with Crippen molar-refractivity contribution in [1.82, 2.24) is 0 Å². The zero-order valence-electron chi connectivity index (χ0n) is 31.4. The van der Waals surface area contributed by atoms with Gasteiger partial charge in [-0.1, -0.05) is 71.4 Å². The molecule has 1 N–H and O–H groups in total. The van der Waals surface area contributed by atoms with Gasteiger partial charge in [0.2, 0.25) is 17.5 Å². The van der Waals surface area contributed by atoms with E-state index in [1.165, 1.54) is 5.56 Å². The molecule has 1 unspecified atom stereocenters. The number of methoxy groups -OCH3 is 3. The summed E-state index contributed by atoms with van der Waals surface area (Å²) in [5.74, 6) is -7.24. The molecule has 0 amide bonds. The van der Waals surface area contributed by atoms with Crippen molar-refractivity contribution in [3.8, 4) is 0 Å². The highest BCUT2D eigenvalue weighted by Gasteiger charge is 2.87. The first-order chi connectivity index (χ1) is 24.0. The Labute approximate surface area is 300 Å². The van der Waals surface area contributed by atoms with E-state index in [4.69, 9.17) is 33.2 Å². The van der Waals surface area contributed by atoms with E-state index >= 15 is 0 Å². The molecule has 286 valence electrons. The molecule has 2 saturated heterocycles. The number of carbonyl (C=O) groups excluding carboxylic acids is 5. The fourth-order valence-corrected chi connectivity index (χ4v) is 7.52. The van der Waals surface area contributed by atoms with E-state index in [0.29, 0.717) is 18.8 Å². The van der Waals surface area contributed by atoms with Gasteiger partial charge in [0, 0.05) is 19.8 Å². The monoisotopic (exact) mass is 720 g/mol. The van der Waals surface area contributed by atoms with Crippen LogP contribution in [0.5, 0.6) is 0 Å². The summed E-state index contributed by atoms with van der Waals surface area (Å²) in [6.45, 7) is 11.4. The fraction of sp³-hybridized carbons (Fsp3) is 0.711. The van der Waals surface area contributed by atoms with E-state index < -0.39 is 65.1 Å². The zero-order chi connectivity index (χ0) is 38.1. The van der Waals surface area contributed by atoms with Crippen LogP contribution < -0.4 is 0 Å². The molecule has 2 fully saturated rings. The molecule has 2 heterocycles. The minimum absolute atomic E-state index is 0.00221. The first-order valence-corrected chi connectivity index (χ1v) is 17.8. The van der Waals surface area contributed by atoms with Crippen LogP contribution in [-0.4, -0.2) is 91.6 Å². The molecule has 13 nitrogen and oxygen atoms in total. The third kappa shape index (κ3) is 8.92. The maximum Gasteiger partial charge on any atom is 0.346 e. The molecule has 2 aliphatic rings. The Kier molecular flexibility index (Phi) is 14.6. The van der Waals surface area contributed by atoms with Gasteiger partial charge in [-0.25, -0.2) is 14.4 Å². The van der Waals surface area contributed by atoms with Gasteiger partial charge in [0.1, 0.15) is 0 Å². The van der Waals surface area contributed by atoms with Crippen LogP contribution in [0.1, 0.15) is 92.1 Å². The maximum absolute atomic E-state index is 14.0. The van der Waals surface area contributed by atoms with Crippen molar-refractivity contribution in [3.63, 3.8) is 0 Å². The van der Waals surface area contributed by atoms with Gasteiger partial charge < -0.3 is 38.3 Å². The molecular weight excluding hydrogens is 664 g/mol. The lowest BCUT2D eigenvalue weighted by Crippen LogP contribution is -2.78. The van der Waals surface area contributed by atoms with Gasteiger partial charge in [0.15, 0.2) is 12.2 Å². The van der Waals surface area contributed by atoms with E-state index in [-0.39, 0.29) is 30.6 Å². The minimum Gasteiger partial charge on any atom is -0.467 e. The predicted molar refractivity (Wildman–Crippen MR) is 183 cm³/mol. The second-order valence-electron chi connectivity index (χ2n) is 14.4. The molecule has 3 rings (SSSR count). The molecular formula is C38H56O13. The number of fused-ring (bicyclic) bond motifs is 2. The normalized spacial score (nSPS) is 29.2. The summed E-state index contributed by atoms with van der Waals surface area (Å²) in [5.41, 5.74) is -5.14. The Bertz CT molecular complexity index is 1370. The number of rotatable bonds is 18. The number of carbonyl (C=O) groups is 5. The number of aliphatic hydroxyl groups is 1. The lowest BCUT2D eigenvalue weighted by atomic mass is 9.74. The Hall–Kier alpha value is -3.55. The van der Waals surface area contributed by atoms with Crippen LogP contribution in [0.15, 0.2) is 30.3 Å². The first-order valence-electron chi connectivity index (χ1n) is 17.8. The summed E-state index contributed by atoms with van der Waals surface area (Å²) in [5, 5.41) is 12.3. The lowest BCUT2D eigenvalue weighted by Gasteiger charge is -2.49. The molecule has 1 aromatic rings. The maximum atomic E-state index is 14.0. The molecule has 0 aliphatic carbocycles. The molecule has 0 radical (unpaired) electrons. The Balaban J connectivity index is 2.10. The lowest BCUT2D eigenvalue weighted by molar-refractivity contribution is -0.375. The Morgan fingerprint density at radius 3 is 1.98 bits per heavy atom. The fourth-order valence-electron chi connectivity index (χ4n) is 7.52.